The van der Waals surface area contributed by atoms with Crippen LogP contribution in [0.15, 0.2) is 48.8 Å². The number of nitrogens with zero attached hydrogens (tertiary/aromatic N) is 3. The van der Waals surface area contributed by atoms with Gasteiger partial charge in [-0.1, -0.05) is 30.3 Å². The second kappa shape index (κ2) is 9.90. The van der Waals surface area contributed by atoms with E-state index in [1.165, 1.54) is 15.8 Å². The number of benzene rings is 1. The highest BCUT2D eigenvalue weighted by molar-refractivity contribution is 5.85. The molecule has 10 heteroatoms. The zero-order chi connectivity index (χ0) is 19.3. The number of aromatic nitrogens is 2. The minimum atomic E-state index is -4.42. The minimum Gasteiger partial charge on any atom is -0.352 e. The van der Waals surface area contributed by atoms with Crippen LogP contribution in [-0.2, 0) is 4.79 Å². The van der Waals surface area contributed by atoms with Gasteiger partial charge < -0.3 is 10.6 Å². The fourth-order valence-corrected chi connectivity index (χ4v) is 3.23. The Morgan fingerprint density at radius 1 is 1.18 bits per heavy atom. The van der Waals surface area contributed by atoms with E-state index in [-0.39, 0.29) is 12.4 Å². The summed E-state index contributed by atoms with van der Waals surface area (Å²) in [6.45, 7) is 1.09. The Hall–Kier alpha value is -2.10. The molecule has 28 heavy (non-hydrogen) atoms. The Morgan fingerprint density at radius 3 is 2.43 bits per heavy atom. The van der Waals surface area contributed by atoms with E-state index in [9.17, 15) is 18.0 Å². The van der Waals surface area contributed by atoms with Crippen LogP contribution in [-0.4, -0.2) is 65.5 Å². The summed E-state index contributed by atoms with van der Waals surface area (Å²) < 4.78 is 42.0. The van der Waals surface area contributed by atoms with E-state index in [2.05, 4.69) is 15.7 Å². The number of hydrogen-bond acceptors (Lipinski definition) is 4. The third-order valence-electron chi connectivity index (χ3n) is 4.59. The molecular weight excluding hydrogens is 395 g/mol. The Bertz CT molecular complexity index is 721. The average Bonchev–Trinajstić information content (AvgIpc) is 3.17. The molecule has 3 rings (SSSR count). The minimum absolute atomic E-state index is 0. The van der Waals surface area contributed by atoms with Gasteiger partial charge in [0.15, 0.2) is 6.04 Å². The lowest BCUT2D eigenvalue weighted by Crippen LogP contribution is -2.57. The number of piperazine rings is 1. The third kappa shape index (κ3) is 5.46. The number of carbonyl (C=O) groups is 1. The Balaban J connectivity index is 0.00000280. The fraction of sp³-hybridized carbons (Fsp3) is 0.444. The lowest BCUT2D eigenvalue weighted by atomic mass is 10.1. The highest BCUT2D eigenvalue weighted by atomic mass is 35.5. The van der Waals surface area contributed by atoms with E-state index in [4.69, 9.17) is 0 Å². The molecule has 0 spiro atoms. The predicted octanol–water partition coefficient (Wildman–Crippen LogP) is 1.85. The van der Waals surface area contributed by atoms with Crippen LogP contribution in [0.2, 0.25) is 0 Å². The monoisotopic (exact) mass is 417 g/mol. The molecule has 1 aliphatic rings. The van der Waals surface area contributed by atoms with Gasteiger partial charge >= 0.3 is 6.18 Å². The molecule has 2 unspecified atom stereocenters. The molecule has 2 atom stereocenters. The van der Waals surface area contributed by atoms with Crippen LogP contribution >= 0.6 is 12.4 Å². The SMILES string of the molecule is Cl.O=C(NCC(N1CCNCC1)C(F)(F)F)C(c1ccccc1)n1cccn1. The van der Waals surface area contributed by atoms with Crippen molar-refractivity contribution in [2.24, 2.45) is 0 Å². The van der Waals surface area contributed by atoms with Gasteiger partial charge in [0.2, 0.25) is 5.91 Å². The summed E-state index contributed by atoms with van der Waals surface area (Å²) in [6, 6.07) is 8.01. The van der Waals surface area contributed by atoms with Crippen molar-refractivity contribution in [2.45, 2.75) is 18.3 Å². The van der Waals surface area contributed by atoms with Crippen molar-refractivity contribution >= 4 is 18.3 Å². The van der Waals surface area contributed by atoms with Crippen molar-refractivity contribution in [3.05, 3.63) is 54.4 Å². The first kappa shape index (κ1) is 22.2. The van der Waals surface area contributed by atoms with Crippen LogP contribution in [0, 0.1) is 0 Å². The summed E-state index contributed by atoms with van der Waals surface area (Å²) in [7, 11) is 0. The molecule has 1 saturated heterocycles. The Kier molecular flexibility index (Phi) is 7.85. The second-order valence-electron chi connectivity index (χ2n) is 6.39. The van der Waals surface area contributed by atoms with Gasteiger partial charge in [0.1, 0.15) is 6.04 Å². The van der Waals surface area contributed by atoms with Crippen LogP contribution in [0.5, 0.6) is 0 Å². The largest absolute Gasteiger partial charge is 0.405 e. The van der Waals surface area contributed by atoms with E-state index >= 15 is 0 Å². The summed E-state index contributed by atoms with van der Waals surface area (Å²) in [6.07, 6.45) is -1.27. The lowest BCUT2D eigenvalue weighted by Gasteiger charge is -2.36. The lowest BCUT2D eigenvalue weighted by molar-refractivity contribution is -0.184. The van der Waals surface area contributed by atoms with Gasteiger partial charge in [-0.25, -0.2) is 0 Å². The molecule has 1 amide bonds. The third-order valence-corrected chi connectivity index (χ3v) is 4.59. The van der Waals surface area contributed by atoms with Gasteiger partial charge in [0, 0.05) is 45.1 Å². The summed E-state index contributed by atoms with van der Waals surface area (Å²) in [5.41, 5.74) is 0.657. The van der Waals surface area contributed by atoms with E-state index in [0.717, 1.165) is 0 Å². The molecular formula is C18H23ClF3N5O. The molecule has 6 nitrogen and oxygen atoms in total. The van der Waals surface area contributed by atoms with Crippen molar-refractivity contribution in [1.82, 2.24) is 25.3 Å². The molecule has 154 valence electrons. The normalized spacial score (nSPS) is 17.4. The molecule has 1 aliphatic heterocycles. The first-order valence-electron chi connectivity index (χ1n) is 8.80. The van der Waals surface area contributed by atoms with E-state index in [1.54, 1.807) is 36.5 Å². The molecule has 0 saturated carbocycles. The maximum absolute atomic E-state index is 13.5. The smallest absolute Gasteiger partial charge is 0.352 e. The first-order chi connectivity index (χ1) is 13.0. The van der Waals surface area contributed by atoms with Gasteiger partial charge in [-0.2, -0.15) is 18.3 Å². The van der Waals surface area contributed by atoms with Crippen molar-refractivity contribution in [2.75, 3.05) is 32.7 Å². The van der Waals surface area contributed by atoms with Crippen LogP contribution in [0.25, 0.3) is 0 Å². The van der Waals surface area contributed by atoms with Gasteiger partial charge in [-0.05, 0) is 11.6 Å². The predicted molar refractivity (Wildman–Crippen MR) is 101 cm³/mol. The highest BCUT2D eigenvalue weighted by Crippen LogP contribution is 2.25. The van der Waals surface area contributed by atoms with Crippen molar-refractivity contribution in [3.8, 4) is 0 Å². The molecule has 1 fully saturated rings. The van der Waals surface area contributed by atoms with Crippen LogP contribution in [0.4, 0.5) is 13.2 Å². The molecule has 2 heterocycles. The van der Waals surface area contributed by atoms with Gasteiger partial charge in [-0.15, -0.1) is 12.4 Å². The molecule has 0 aliphatic carbocycles. The molecule has 2 aromatic rings. The number of halogens is 4. The van der Waals surface area contributed by atoms with Crippen molar-refractivity contribution < 1.29 is 18.0 Å². The van der Waals surface area contributed by atoms with Gasteiger partial charge in [0.05, 0.1) is 0 Å². The summed E-state index contributed by atoms with van der Waals surface area (Å²) in [5, 5.41) is 9.62. The van der Waals surface area contributed by atoms with E-state index in [1.807, 2.05) is 6.07 Å². The molecule has 0 radical (unpaired) electrons. The number of hydrogen-bond donors (Lipinski definition) is 2. The van der Waals surface area contributed by atoms with Crippen LogP contribution in [0.1, 0.15) is 11.6 Å². The molecule has 1 aromatic carbocycles. The van der Waals surface area contributed by atoms with E-state index in [0.29, 0.717) is 31.7 Å². The Morgan fingerprint density at radius 2 is 1.86 bits per heavy atom. The number of carbonyl (C=O) groups excluding carboxylic acids is 1. The maximum atomic E-state index is 13.5. The van der Waals surface area contributed by atoms with Crippen LogP contribution < -0.4 is 10.6 Å². The zero-order valence-electron chi connectivity index (χ0n) is 15.1. The molecule has 0 bridgehead atoms. The summed E-state index contributed by atoms with van der Waals surface area (Å²) in [4.78, 5) is 14.1. The van der Waals surface area contributed by atoms with Gasteiger partial charge in [0.25, 0.3) is 0 Å². The average molecular weight is 418 g/mol. The standard InChI is InChI=1S/C18H22F3N5O.ClH/c19-18(20,21)15(25-11-8-22-9-12-25)13-23-17(27)16(26-10-4-7-24-26)14-5-2-1-3-6-14;/h1-7,10,15-16,22H,8-9,11-13H2,(H,23,27);1H. The summed E-state index contributed by atoms with van der Waals surface area (Å²) >= 11 is 0. The maximum Gasteiger partial charge on any atom is 0.405 e. The molecule has 2 N–H and O–H groups in total. The quantitative estimate of drug-likeness (QED) is 0.753. The van der Waals surface area contributed by atoms with Gasteiger partial charge in [-0.3, -0.25) is 14.4 Å². The summed E-state index contributed by atoms with van der Waals surface area (Å²) in [5.74, 6) is -0.519. The van der Waals surface area contributed by atoms with E-state index < -0.39 is 30.7 Å². The number of rotatable bonds is 6. The number of nitrogens with one attached hydrogen (secondary N) is 2. The number of amides is 1. The van der Waals surface area contributed by atoms with Crippen molar-refractivity contribution in [3.63, 3.8) is 0 Å². The number of alkyl halides is 3. The Labute approximate surface area is 167 Å². The first-order valence-corrected chi connectivity index (χ1v) is 8.80. The highest BCUT2D eigenvalue weighted by Gasteiger charge is 2.44. The zero-order valence-corrected chi connectivity index (χ0v) is 15.9. The second-order valence-corrected chi connectivity index (χ2v) is 6.39. The van der Waals surface area contributed by atoms with Crippen LogP contribution in [0.3, 0.4) is 0 Å². The fourth-order valence-electron chi connectivity index (χ4n) is 3.23. The molecule has 1 aromatic heterocycles. The topological polar surface area (TPSA) is 62.2 Å². The van der Waals surface area contributed by atoms with Crippen molar-refractivity contribution in [1.29, 1.82) is 0 Å².